The number of hydrogen-bond acceptors (Lipinski definition) is 5. The quantitative estimate of drug-likeness (QED) is 0.335. The molecule has 0 aliphatic rings. The fraction of sp³-hybridized carbons (Fsp3) is 0.214. The number of sulfonamides is 1. The maximum absolute atomic E-state index is 13.3. The molecule has 0 aliphatic carbocycles. The van der Waals surface area contributed by atoms with E-state index in [1.54, 1.807) is 35.0 Å². The monoisotopic (exact) mass is 518 g/mol. The Bertz CT molecular complexity index is 1450. The highest BCUT2D eigenvalue weighted by atomic mass is 32.2. The van der Waals surface area contributed by atoms with Crippen LogP contribution in [0.15, 0.2) is 89.8 Å². The van der Waals surface area contributed by atoms with Crippen molar-refractivity contribution in [2.45, 2.75) is 18.7 Å². The Labute approximate surface area is 217 Å². The van der Waals surface area contributed by atoms with Gasteiger partial charge in [0, 0.05) is 25.3 Å². The van der Waals surface area contributed by atoms with Crippen molar-refractivity contribution < 1.29 is 17.9 Å². The molecule has 4 rings (SSSR count). The van der Waals surface area contributed by atoms with Crippen LogP contribution in [-0.2, 0) is 19.6 Å². The second-order valence-electron chi connectivity index (χ2n) is 8.72. The van der Waals surface area contributed by atoms with Gasteiger partial charge in [-0.1, -0.05) is 65.7 Å². The highest BCUT2D eigenvalue weighted by molar-refractivity contribution is 7.89. The number of rotatable bonds is 10. The number of anilines is 1. The summed E-state index contributed by atoms with van der Waals surface area (Å²) in [5, 5.41) is 7.58. The van der Waals surface area contributed by atoms with Gasteiger partial charge in [-0.3, -0.25) is 4.79 Å². The fourth-order valence-corrected chi connectivity index (χ4v) is 5.16. The Morgan fingerprint density at radius 3 is 2.19 bits per heavy atom. The minimum absolute atomic E-state index is 0.0343. The topological polar surface area (TPSA) is 93.5 Å². The molecule has 0 saturated heterocycles. The summed E-state index contributed by atoms with van der Waals surface area (Å²) in [7, 11) is -2.42. The van der Waals surface area contributed by atoms with Crippen molar-refractivity contribution in [2.24, 2.45) is 0 Å². The van der Waals surface area contributed by atoms with E-state index in [4.69, 9.17) is 9.84 Å². The second kappa shape index (κ2) is 11.5. The van der Waals surface area contributed by atoms with Gasteiger partial charge in [-0.15, -0.1) is 0 Å². The van der Waals surface area contributed by atoms with Crippen molar-refractivity contribution in [3.8, 4) is 16.9 Å². The van der Waals surface area contributed by atoms with Crippen LogP contribution < -0.4 is 5.32 Å². The molecule has 0 spiro atoms. The molecule has 1 aromatic heterocycles. The summed E-state index contributed by atoms with van der Waals surface area (Å²) in [6.07, 6.45) is 0. The summed E-state index contributed by atoms with van der Waals surface area (Å²) in [6.45, 7) is 3.69. The summed E-state index contributed by atoms with van der Waals surface area (Å²) < 4.78 is 34.5. The molecule has 0 bridgehead atoms. The van der Waals surface area contributed by atoms with Crippen LogP contribution in [0.25, 0.3) is 16.9 Å². The van der Waals surface area contributed by atoms with E-state index >= 15 is 0 Å². The predicted molar refractivity (Wildman–Crippen MR) is 144 cm³/mol. The molecule has 0 fully saturated rings. The second-order valence-corrected chi connectivity index (χ2v) is 10.7. The molecule has 0 atom stereocenters. The standard InChI is InChI=1S/C28H30N4O4S/c1-21-9-13-24(14-10-21)32-27(19-26(30-32)23-7-5-4-6-8-23)29-28(33)20-31(17-18-36-3)37(34,35)25-15-11-22(2)12-16-25/h4-16,19H,17-18,20H2,1-3H3,(H,29,33). The number of nitrogens with one attached hydrogen (secondary N) is 1. The largest absolute Gasteiger partial charge is 0.383 e. The van der Waals surface area contributed by atoms with Crippen LogP contribution >= 0.6 is 0 Å². The van der Waals surface area contributed by atoms with Gasteiger partial charge in [-0.2, -0.15) is 9.40 Å². The lowest BCUT2D eigenvalue weighted by Gasteiger charge is -2.21. The molecule has 9 heteroatoms. The highest BCUT2D eigenvalue weighted by Gasteiger charge is 2.27. The van der Waals surface area contributed by atoms with Gasteiger partial charge in [-0.25, -0.2) is 13.1 Å². The molecule has 0 radical (unpaired) electrons. The Morgan fingerprint density at radius 1 is 0.946 bits per heavy atom. The Hall–Kier alpha value is -3.79. The number of methoxy groups -OCH3 is 1. The van der Waals surface area contributed by atoms with Crippen molar-refractivity contribution in [1.82, 2.24) is 14.1 Å². The van der Waals surface area contributed by atoms with Crippen molar-refractivity contribution >= 4 is 21.7 Å². The summed E-state index contributed by atoms with van der Waals surface area (Å²) in [6, 6.07) is 25.7. The molecule has 0 saturated carbocycles. The molecule has 1 amide bonds. The van der Waals surface area contributed by atoms with E-state index in [1.807, 2.05) is 68.4 Å². The zero-order chi connectivity index (χ0) is 26.4. The van der Waals surface area contributed by atoms with Crippen LogP contribution in [0.3, 0.4) is 0 Å². The first kappa shape index (κ1) is 26.3. The Kier molecular flexibility index (Phi) is 8.17. The molecule has 8 nitrogen and oxygen atoms in total. The Balaban J connectivity index is 1.63. The first-order valence-electron chi connectivity index (χ1n) is 11.9. The normalized spacial score (nSPS) is 11.6. The van der Waals surface area contributed by atoms with Gasteiger partial charge >= 0.3 is 0 Å². The molecule has 37 heavy (non-hydrogen) atoms. The lowest BCUT2D eigenvalue weighted by atomic mass is 10.1. The van der Waals surface area contributed by atoms with Gasteiger partial charge < -0.3 is 10.1 Å². The zero-order valence-electron chi connectivity index (χ0n) is 21.1. The van der Waals surface area contributed by atoms with Crippen LogP contribution in [-0.4, -0.2) is 55.2 Å². The van der Waals surface area contributed by atoms with Crippen LogP contribution in [0.2, 0.25) is 0 Å². The smallest absolute Gasteiger partial charge is 0.243 e. The van der Waals surface area contributed by atoms with Crippen molar-refractivity contribution in [3.05, 3.63) is 96.1 Å². The fourth-order valence-electron chi connectivity index (χ4n) is 3.78. The molecule has 3 aromatic carbocycles. The SMILES string of the molecule is COCCN(CC(=O)Nc1cc(-c2ccccc2)nn1-c1ccc(C)cc1)S(=O)(=O)c1ccc(C)cc1. The number of carbonyl (C=O) groups is 1. The van der Waals surface area contributed by atoms with Gasteiger partial charge in [0.05, 0.1) is 29.4 Å². The molecular formula is C28H30N4O4S. The lowest BCUT2D eigenvalue weighted by Crippen LogP contribution is -2.40. The maximum atomic E-state index is 13.3. The van der Waals surface area contributed by atoms with Crippen molar-refractivity contribution in [3.63, 3.8) is 0 Å². The minimum Gasteiger partial charge on any atom is -0.383 e. The summed E-state index contributed by atoms with van der Waals surface area (Å²) in [5.74, 6) is -0.0493. The van der Waals surface area contributed by atoms with Crippen LogP contribution in [0.1, 0.15) is 11.1 Å². The molecular weight excluding hydrogens is 488 g/mol. The average molecular weight is 519 g/mol. The summed E-state index contributed by atoms with van der Waals surface area (Å²) in [4.78, 5) is 13.3. The van der Waals surface area contributed by atoms with Gasteiger partial charge in [0.2, 0.25) is 15.9 Å². The van der Waals surface area contributed by atoms with E-state index in [9.17, 15) is 13.2 Å². The highest BCUT2D eigenvalue weighted by Crippen LogP contribution is 2.25. The third kappa shape index (κ3) is 6.32. The number of aromatic nitrogens is 2. The molecule has 0 aliphatic heterocycles. The molecule has 1 heterocycles. The van der Waals surface area contributed by atoms with E-state index in [0.717, 1.165) is 26.7 Å². The van der Waals surface area contributed by atoms with Crippen LogP contribution in [0, 0.1) is 13.8 Å². The third-order valence-electron chi connectivity index (χ3n) is 5.85. The van der Waals surface area contributed by atoms with E-state index in [-0.39, 0.29) is 24.6 Å². The molecule has 0 unspecified atom stereocenters. The number of nitrogens with zero attached hydrogens (tertiary/aromatic N) is 3. The summed E-state index contributed by atoms with van der Waals surface area (Å²) >= 11 is 0. The van der Waals surface area contributed by atoms with Crippen LogP contribution in [0.4, 0.5) is 5.82 Å². The van der Waals surface area contributed by atoms with Gasteiger partial charge in [0.1, 0.15) is 5.82 Å². The van der Waals surface area contributed by atoms with E-state index < -0.39 is 15.9 Å². The first-order chi connectivity index (χ1) is 17.8. The van der Waals surface area contributed by atoms with Gasteiger partial charge in [0.15, 0.2) is 0 Å². The third-order valence-corrected chi connectivity index (χ3v) is 7.71. The van der Waals surface area contributed by atoms with E-state index in [2.05, 4.69) is 5.32 Å². The van der Waals surface area contributed by atoms with Gasteiger partial charge in [-0.05, 0) is 38.1 Å². The summed E-state index contributed by atoms with van der Waals surface area (Å²) in [5.41, 5.74) is 4.39. The first-order valence-corrected chi connectivity index (χ1v) is 13.3. The minimum atomic E-state index is -3.91. The van der Waals surface area contributed by atoms with E-state index in [1.165, 1.54) is 7.11 Å². The number of ether oxygens (including phenoxy) is 1. The maximum Gasteiger partial charge on any atom is 0.243 e. The number of aryl methyl sites for hydroxylation is 2. The molecule has 1 N–H and O–H groups in total. The number of amides is 1. The molecule has 192 valence electrons. The van der Waals surface area contributed by atoms with E-state index in [0.29, 0.717) is 11.5 Å². The lowest BCUT2D eigenvalue weighted by molar-refractivity contribution is -0.116. The molecule has 4 aromatic rings. The van der Waals surface area contributed by atoms with Gasteiger partial charge in [0.25, 0.3) is 0 Å². The zero-order valence-corrected chi connectivity index (χ0v) is 21.9. The number of hydrogen-bond donors (Lipinski definition) is 1. The van der Waals surface area contributed by atoms with Crippen molar-refractivity contribution in [2.75, 3.05) is 32.1 Å². The van der Waals surface area contributed by atoms with Crippen molar-refractivity contribution in [1.29, 1.82) is 0 Å². The van der Waals surface area contributed by atoms with Crippen LogP contribution in [0.5, 0.6) is 0 Å². The number of carbonyl (C=O) groups excluding carboxylic acids is 1. The predicted octanol–water partition coefficient (Wildman–Crippen LogP) is 4.43. The average Bonchev–Trinajstić information content (AvgIpc) is 3.31. The number of benzene rings is 3. The Morgan fingerprint density at radius 2 is 1.57 bits per heavy atom.